The number of fused-ring (bicyclic) bond motifs is 1. The summed E-state index contributed by atoms with van der Waals surface area (Å²) in [7, 11) is 0. The zero-order chi connectivity index (χ0) is 9.97. The van der Waals surface area contributed by atoms with E-state index in [2.05, 4.69) is 41.9 Å². The van der Waals surface area contributed by atoms with Crippen LogP contribution in [0.15, 0.2) is 48.7 Å². The molecule has 0 amide bonds. The van der Waals surface area contributed by atoms with Crippen LogP contribution in [0.25, 0.3) is 17.0 Å². The molecule has 1 N–H and O–H groups in total. The molecule has 2 rings (SSSR count). The van der Waals surface area contributed by atoms with Crippen molar-refractivity contribution in [2.75, 3.05) is 0 Å². The van der Waals surface area contributed by atoms with Gasteiger partial charge in [0.15, 0.2) is 0 Å². The first-order valence-corrected chi connectivity index (χ1v) is 4.67. The van der Waals surface area contributed by atoms with Crippen LogP contribution in [0.5, 0.6) is 0 Å². The van der Waals surface area contributed by atoms with Gasteiger partial charge < -0.3 is 4.98 Å². The molecule has 0 atom stereocenters. The number of hydrogen-bond acceptors (Lipinski definition) is 0. The van der Waals surface area contributed by atoms with Gasteiger partial charge in [-0.15, -0.1) is 0 Å². The molecule has 0 unspecified atom stereocenters. The van der Waals surface area contributed by atoms with Gasteiger partial charge >= 0.3 is 0 Å². The summed E-state index contributed by atoms with van der Waals surface area (Å²) >= 11 is 0. The Bertz CT molecular complexity index is 489. The maximum atomic E-state index is 3.84. The summed E-state index contributed by atoms with van der Waals surface area (Å²) in [5, 5.41) is 1.25. The zero-order valence-corrected chi connectivity index (χ0v) is 8.25. The first-order valence-electron chi connectivity index (χ1n) is 4.67. The van der Waals surface area contributed by atoms with Crippen molar-refractivity contribution in [3.63, 3.8) is 0 Å². The third kappa shape index (κ3) is 1.62. The van der Waals surface area contributed by atoms with Crippen LogP contribution in [-0.4, -0.2) is 4.98 Å². The number of H-pyrrole nitrogens is 1. The highest BCUT2D eigenvalue weighted by Crippen LogP contribution is 2.18. The van der Waals surface area contributed by atoms with Crippen LogP contribution >= 0.6 is 0 Å². The summed E-state index contributed by atoms with van der Waals surface area (Å²) in [5.74, 6) is 0. The first-order chi connectivity index (χ1) is 6.77. The van der Waals surface area contributed by atoms with Gasteiger partial charge in [0.25, 0.3) is 0 Å². The lowest BCUT2D eigenvalue weighted by Gasteiger charge is -1.96. The normalized spacial score (nSPS) is 11.2. The molecule has 0 saturated carbocycles. The minimum absolute atomic E-state index is 1.07. The van der Waals surface area contributed by atoms with Crippen molar-refractivity contribution >= 4 is 17.0 Å². The number of aromatic nitrogens is 1. The van der Waals surface area contributed by atoms with Gasteiger partial charge in [-0.05, 0) is 24.6 Å². The zero-order valence-electron chi connectivity index (χ0n) is 8.25. The molecular formula is C13H13N. The van der Waals surface area contributed by atoms with Crippen molar-refractivity contribution in [3.8, 4) is 0 Å². The summed E-state index contributed by atoms with van der Waals surface area (Å²) in [5.41, 5.74) is 3.47. The van der Waals surface area contributed by atoms with Gasteiger partial charge in [-0.25, -0.2) is 0 Å². The highest BCUT2D eigenvalue weighted by molar-refractivity contribution is 5.88. The molecule has 0 bridgehead atoms. The van der Waals surface area contributed by atoms with Crippen molar-refractivity contribution in [2.45, 2.75) is 6.92 Å². The van der Waals surface area contributed by atoms with E-state index in [4.69, 9.17) is 0 Å². The molecule has 1 nitrogen and oxygen atoms in total. The molecule has 2 aromatic rings. The van der Waals surface area contributed by atoms with Gasteiger partial charge in [0.2, 0.25) is 0 Å². The topological polar surface area (TPSA) is 15.8 Å². The molecular weight excluding hydrogens is 170 g/mol. The fourth-order valence-electron chi connectivity index (χ4n) is 1.49. The highest BCUT2D eigenvalue weighted by atomic mass is 14.7. The predicted octanol–water partition coefficient (Wildman–Crippen LogP) is 3.76. The minimum atomic E-state index is 1.07. The van der Waals surface area contributed by atoms with Gasteiger partial charge in [0.1, 0.15) is 0 Å². The van der Waals surface area contributed by atoms with E-state index in [1.54, 1.807) is 0 Å². The second-order valence-electron chi connectivity index (χ2n) is 3.47. The molecule has 1 aromatic carbocycles. The molecule has 1 heteroatoms. The van der Waals surface area contributed by atoms with E-state index in [9.17, 15) is 0 Å². The summed E-state index contributed by atoms with van der Waals surface area (Å²) < 4.78 is 0. The lowest BCUT2D eigenvalue weighted by Crippen LogP contribution is -1.74. The third-order valence-electron chi connectivity index (χ3n) is 2.18. The second-order valence-corrected chi connectivity index (χ2v) is 3.47. The first kappa shape index (κ1) is 8.82. The average molecular weight is 183 g/mol. The number of allylic oxidation sites excluding steroid dienone is 2. The summed E-state index contributed by atoms with van der Waals surface area (Å²) in [6.07, 6.45) is 6.09. The number of hydrogen-bond donors (Lipinski definition) is 1. The van der Waals surface area contributed by atoms with Crippen LogP contribution in [-0.2, 0) is 0 Å². The molecule has 14 heavy (non-hydrogen) atoms. The summed E-state index contributed by atoms with van der Waals surface area (Å²) in [6.45, 7) is 5.84. The Balaban J connectivity index is 2.51. The van der Waals surface area contributed by atoms with Gasteiger partial charge in [0.05, 0.1) is 0 Å². The van der Waals surface area contributed by atoms with E-state index < -0.39 is 0 Å². The molecule has 0 aliphatic rings. The lowest BCUT2D eigenvalue weighted by molar-refractivity contribution is 1.48. The van der Waals surface area contributed by atoms with Crippen molar-refractivity contribution in [1.82, 2.24) is 4.98 Å². The number of rotatable bonds is 2. The maximum Gasteiger partial charge on any atom is 0.0459 e. The van der Waals surface area contributed by atoms with Crippen LogP contribution in [0.4, 0.5) is 0 Å². The Morgan fingerprint density at radius 1 is 1.36 bits per heavy atom. The number of nitrogens with one attached hydrogen (secondary N) is 1. The monoisotopic (exact) mass is 183 g/mol. The largest absolute Gasteiger partial charge is 0.361 e. The fraction of sp³-hybridized carbons (Fsp3) is 0.0769. The summed E-state index contributed by atoms with van der Waals surface area (Å²) in [6, 6.07) is 8.33. The molecule has 0 saturated heterocycles. The van der Waals surface area contributed by atoms with Gasteiger partial charge in [-0.1, -0.05) is 36.4 Å². The fourth-order valence-corrected chi connectivity index (χ4v) is 1.49. The Hall–Kier alpha value is -1.76. The SMILES string of the molecule is C=C(C)/C=C/c1cccc2[nH]ccc12. The quantitative estimate of drug-likeness (QED) is 0.682. The molecule has 70 valence electrons. The van der Waals surface area contributed by atoms with E-state index in [1.807, 2.05) is 19.2 Å². The van der Waals surface area contributed by atoms with Gasteiger partial charge in [-0.3, -0.25) is 0 Å². The minimum Gasteiger partial charge on any atom is -0.361 e. The third-order valence-corrected chi connectivity index (χ3v) is 2.18. The number of aromatic amines is 1. The Morgan fingerprint density at radius 3 is 3.00 bits per heavy atom. The molecule has 1 aromatic heterocycles. The van der Waals surface area contributed by atoms with Crippen molar-refractivity contribution in [1.29, 1.82) is 0 Å². The van der Waals surface area contributed by atoms with Crippen LogP contribution in [0, 0.1) is 0 Å². The molecule has 0 radical (unpaired) electrons. The second kappa shape index (κ2) is 3.54. The standard InChI is InChI=1S/C13H13N/c1-10(2)6-7-11-4-3-5-13-12(11)8-9-14-13/h3-9,14H,1H2,2H3/b7-6+. The van der Waals surface area contributed by atoms with Crippen LogP contribution in [0.3, 0.4) is 0 Å². The molecule has 0 aliphatic heterocycles. The maximum absolute atomic E-state index is 3.84. The molecule has 0 fully saturated rings. The Morgan fingerprint density at radius 2 is 2.21 bits per heavy atom. The van der Waals surface area contributed by atoms with E-state index in [0.717, 1.165) is 5.57 Å². The lowest BCUT2D eigenvalue weighted by atomic mass is 10.1. The van der Waals surface area contributed by atoms with E-state index in [0.29, 0.717) is 0 Å². The van der Waals surface area contributed by atoms with Crippen LogP contribution in [0.2, 0.25) is 0 Å². The van der Waals surface area contributed by atoms with E-state index in [-0.39, 0.29) is 0 Å². The average Bonchev–Trinajstić information content (AvgIpc) is 2.62. The Kier molecular flexibility index (Phi) is 2.23. The van der Waals surface area contributed by atoms with Crippen molar-refractivity contribution < 1.29 is 0 Å². The van der Waals surface area contributed by atoms with Crippen LogP contribution in [0.1, 0.15) is 12.5 Å². The van der Waals surface area contributed by atoms with Gasteiger partial charge in [0, 0.05) is 17.1 Å². The van der Waals surface area contributed by atoms with Gasteiger partial charge in [-0.2, -0.15) is 0 Å². The predicted molar refractivity (Wildman–Crippen MR) is 62.1 cm³/mol. The highest BCUT2D eigenvalue weighted by Gasteiger charge is 1.96. The van der Waals surface area contributed by atoms with E-state index in [1.165, 1.54) is 16.5 Å². The summed E-state index contributed by atoms with van der Waals surface area (Å²) in [4.78, 5) is 3.19. The van der Waals surface area contributed by atoms with Crippen LogP contribution < -0.4 is 0 Å². The molecule has 0 aliphatic carbocycles. The smallest absolute Gasteiger partial charge is 0.0459 e. The molecule has 0 spiro atoms. The van der Waals surface area contributed by atoms with Crippen molar-refractivity contribution in [2.24, 2.45) is 0 Å². The molecule has 1 heterocycles. The van der Waals surface area contributed by atoms with Crippen molar-refractivity contribution in [3.05, 3.63) is 54.3 Å². The Labute approximate surface area is 83.8 Å². The number of benzene rings is 1. The van der Waals surface area contributed by atoms with E-state index >= 15 is 0 Å².